The topological polar surface area (TPSA) is 121 Å². The van der Waals surface area contributed by atoms with Gasteiger partial charge in [-0.1, -0.05) is 30.3 Å². The molecule has 2 aromatic rings. The van der Waals surface area contributed by atoms with Gasteiger partial charge < -0.3 is 14.5 Å². The number of aryl methyl sites for hydroxylation is 1. The van der Waals surface area contributed by atoms with E-state index in [0.29, 0.717) is 17.1 Å². The van der Waals surface area contributed by atoms with Crippen molar-refractivity contribution in [3.05, 3.63) is 60.2 Å². The van der Waals surface area contributed by atoms with Crippen molar-refractivity contribution in [3.8, 4) is 11.5 Å². The van der Waals surface area contributed by atoms with Crippen molar-refractivity contribution in [2.45, 2.75) is 17.8 Å². The molecule has 0 radical (unpaired) electrons. The molecule has 1 unspecified atom stereocenters. The monoisotopic (exact) mass is 492 g/mol. The third-order valence-corrected chi connectivity index (χ3v) is 6.83. The van der Waals surface area contributed by atoms with Gasteiger partial charge in [0.2, 0.25) is 0 Å². The summed E-state index contributed by atoms with van der Waals surface area (Å²) in [4.78, 5) is 16.0. The molecule has 0 aliphatic rings. The molecule has 0 aromatic heterocycles. The molecular formula is C15H20K3O7PS. The van der Waals surface area contributed by atoms with Crippen molar-refractivity contribution >= 4 is 172 Å². The van der Waals surface area contributed by atoms with Crippen molar-refractivity contribution < 1.29 is 32.1 Å². The zero-order valence-corrected chi connectivity index (χ0v) is 14.2. The van der Waals surface area contributed by atoms with Gasteiger partial charge in [0.05, 0.1) is 0 Å². The predicted octanol–water partition coefficient (Wildman–Crippen LogP) is 0.858. The summed E-state index contributed by atoms with van der Waals surface area (Å²) < 4.78 is 48.2. The van der Waals surface area contributed by atoms with Crippen LogP contribution in [0.4, 0.5) is 0 Å². The van der Waals surface area contributed by atoms with Crippen LogP contribution in [0.25, 0.3) is 0 Å². The van der Waals surface area contributed by atoms with Crippen molar-refractivity contribution in [1.82, 2.24) is 0 Å². The van der Waals surface area contributed by atoms with E-state index in [4.69, 9.17) is 19.1 Å². The molecule has 2 aromatic carbocycles. The number of benzene rings is 2. The van der Waals surface area contributed by atoms with Crippen LogP contribution in [0.2, 0.25) is 0 Å². The third-order valence-electron chi connectivity index (χ3n) is 3.28. The Morgan fingerprint density at radius 2 is 1.48 bits per heavy atom. The summed E-state index contributed by atoms with van der Waals surface area (Å²) in [6.07, 6.45) is -0.348. The van der Waals surface area contributed by atoms with Crippen LogP contribution in [0.15, 0.2) is 54.6 Å². The van der Waals surface area contributed by atoms with E-state index >= 15 is 0 Å². The molecule has 2 rings (SSSR count). The van der Waals surface area contributed by atoms with Gasteiger partial charge >= 0.3 is 162 Å². The van der Waals surface area contributed by atoms with Crippen LogP contribution < -0.4 is 4.74 Å². The average molecular weight is 493 g/mol. The minimum atomic E-state index is -4.97. The van der Waals surface area contributed by atoms with Crippen LogP contribution in [0.5, 0.6) is 11.5 Å². The normalized spacial score (nSPS) is 12.0. The zero-order valence-electron chi connectivity index (χ0n) is 12.5. The quantitative estimate of drug-likeness (QED) is 0.298. The summed E-state index contributed by atoms with van der Waals surface area (Å²) in [7, 11) is -9.82. The SMILES string of the molecule is O=P(O)(O)C(CCc1cccc(Oc2ccccc2)c1)S(=O)(=O)O.[KH].[KH].[KH]. The summed E-state index contributed by atoms with van der Waals surface area (Å²) in [5.74, 6) is 1.14. The molecule has 0 bridgehead atoms. The molecule has 0 aliphatic heterocycles. The van der Waals surface area contributed by atoms with Gasteiger partial charge in [-0.05, 0) is 42.7 Å². The second-order valence-electron chi connectivity index (χ2n) is 5.16. The average Bonchev–Trinajstić information content (AvgIpc) is 2.46. The van der Waals surface area contributed by atoms with Crippen LogP contribution in [-0.2, 0) is 21.1 Å². The summed E-state index contributed by atoms with van der Waals surface area (Å²) in [5, 5.41) is 0. The molecule has 0 aliphatic carbocycles. The molecule has 27 heavy (non-hydrogen) atoms. The fourth-order valence-corrected chi connectivity index (χ4v) is 4.44. The summed E-state index contributed by atoms with van der Waals surface area (Å²) in [5.41, 5.74) is 0.630. The third kappa shape index (κ3) is 12.1. The second kappa shape index (κ2) is 15.1. The Labute approximate surface area is 286 Å². The van der Waals surface area contributed by atoms with Crippen molar-refractivity contribution in [2.24, 2.45) is 0 Å². The van der Waals surface area contributed by atoms with Gasteiger partial charge in [-0.25, -0.2) is 0 Å². The molecule has 0 heterocycles. The standard InChI is InChI=1S/C15H17O7PS.3K.3H/c16-23(17,18)15(24(19,20)21)10-9-12-5-4-8-14(11-12)22-13-6-2-1-3-7-13;;;;;;/h1-8,11,15H,9-10H2,(H2,16,17,18)(H,19,20,21);;;;;;. The Bertz CT molecular complexity index is 843. The Morgan fingerprint density at radius 1 is 0.926 bits per heavy atom. The fraction of sp³-hybridized carbons (Fsp3) is 0.200. The predicted molar refractivity (Wildman–Crippen MR) is 110 cm³/mol. The second-order valence-corrected chi connectivity index (χ2v) is 8.91. The van der Waals surface area contributed by atoms with Gasteiger partial charge in [0.1, 0.15) is 11.5 Å². The van der Waals surface area contributed by atoms with Crippen LogP contribution in [0.1, 0.15) is 12.0 Å². The zero-order chi connectivity index (χ0) is 17.8. The number of hydrogen-bond acceptors (Lipinski definition) is 4. The summed E-state index contributed by atoms with van der Waals surface area (Å²) in [6, 6.07) is 15.7. The van der Waals surface area contributed by atoms with Crippen LogP contribution in [0, 0.1) is 0 Å². The van der Waals surface area contributed by atoms with Gasteiger partial charge in [0.25, 0.3) is 10.1 Å². The van der Waals surface area contributed by atoms with Gasteiger partial charge in [-0.15, -0.1) is 0 Å². The first-order chi connectivity index (χ1) is 11.2. The van der Waals surface area contributed by atoms with Crippen molar-refractivity contribution in [2.75, 3.05) is 0 Å². The van der Waals surface area contributed by atoms with Gasteiger partial charge in [0.15, 0.2) is 4.99 Å². The number of rotatable bonds is 7. The molecule has 7 nitrogen and oxygen atoms in total. The van der Waals surface area contributed by atoms with E-state index in [2.05, 4.69) is 0 Å². The van der Waals surface area contributed by atoms with E-state index < -0.39 is 29.1 Å². The molecule has 0 fully saturated rings. The van der Waals surface area contributed by atoms with Crippen molar-refractivity contribution in [3.63, 3.8) is 0 Å². The van der Waals surface area contributed by atoms with Gasteiger partial charge in [-0.3, -0.25) is 9.12 Å². The van der Waals surface area contributed by atoms with Crippen LogP contribution >= 0.6 is 7.60 Å². The molecule has 0 saturated heterocycles. The number of hydrogen-bond donors (Lipinski definition) is 3. The van der Waals surface area contributed by atoms with Crippen LogP contribution in [0.3, 0.4) is 0 Å². The van der Waals surface area contributed by atoms with E-state index in [1.165, 1.54) is 0 Å². The molecule has 0 spiro atoms. The van der Waals surface area contributed by atoms with E-state index in [9.17, 15) is 13.0 Å². The summed E-state index contributed by atoms with van der Waals surface area (Å²) in [6.45, 7) is 0. The molecular weight excluding hydrogens is 472 g/mol. The Kier molecular flexibility index (Phi) is 18.1. The number of ether oxygens (including phenoxy) is 1. The van der Waals surface area contributed by atoms with E-state index in [0.717, 1.165) is 0 Å². The van der Waals surface area contributed by atoms with Crippen LogP contribution in [-0.4, -0.2) is 182 Å². The summed E-state index contributed by atoms with van der Waals surface area (Å²) >= 11 is 0. The maximum absolute atomic E-state index is 11.2. The first kappa shape index (κ1) is 32.4. The molecule has 0 saturated carbocycles. The Balaban J connectivity index is 0. The van der Waals surface area contributed by atoms with E-state index in [-0.39, 0.29) is 161 Å². The first-order valence-corrected chi connectivity index (χ1v) is 10.2. The Hall–Kier alpha value is 3.21. The molecule has 136 valence electrons. The Morgan fingerprint density at radius 3 is 2.00 bits per heavy atom. The van der Waals surface area contributed by atoms with E-state index in [1.54, 1.807) is 36.4 Å². The fourth-order valence-electron chi connectivity index (χ4n) is 2.17. The molecule has 12 heteroatoms. The molecule has 1 atom stereocenters. The van der Waals surface area contributed by atoms with Crippen molar-refractivity contribution in [1.29, 1.82) is 0 Å². The van der Waals surface area contributed by atoms with Gasteiger partial charge in [-0.2, -0.15) is 8.42 Å². The van der Waals surface area contributed by atoms with Gasteiger partial charge in [0, 0.05) is 0 Å². The molecule has 0 amide bonds. The number of para-hydroxylation sites is 1. The molecule has 3 N–H and O–H groups in total. The first-order valence-electron chi connectivity index (χ1n) is 6.99. The minimum absolute atomic E-state index is 0. The maximum atomic E-state index is 11.2. The van der Waals surface area contributed by atoms with E-state index in [1.807, 2.05) is 18.2 Å².